The van der Waals surface area contributed by atoms with Gasteiger partial charge in [0.2, 0.25) is 0 Å². The molecule has 0 bridgehead atoms. The van der Waals surface area contributed by atoms with Crippen molar-refractivity contribution in [3.63, 3.8) is 0 Å². The fourth-order valence-corrected chi connectivity index (χ4v) is 4.15. The first kappa shape index (κ1) is 12.8. The van der Waals surface area contributed by atoms with E-state index in [0.717, 1.165) is 0 Å². The van der Waals surface area contributed by atoms with Crippen LogP contribution in [0.15, 0.2) is 53.5 Å². The van der Waals surface area contributed by atoms with E-state index in [2.05, 4.69) is 55.5 Å². The predicted molar refractivity (Wildman–Crippen MR) is 88.6 cm³/mol. The van der Waals surface area contributed by atoms with Gasteiger partial charge in [0, 0.05) is 5.41 Å². The number of hydrogen-bond donors (Lipinski definition) is 0. The van der Waals surface area contributed by atoms with E-state index in [9.17, 15) is 0 Å². The molecule has 0 amide bonds. The maximum Gasteiger partial charge on any atom is 0.0675 e. The zero-order valence-corrected chi connectivity index (χ0v) is 12.6. The van der Waals surface area contributed by atoms with E-state index in [1.807, 2.05) is 0 Å². The molecule has 0 radical (unpaired) electrons. The van der Waals surface area contributed by atoms with Crippen LogP contribution in [0.3, 0.4) is 0 Å². The summed E-state index contributed by atoms with van der Waals surface area (Å²) in [7, 11) is 0. The minimum Gasteiger partial charge on any atom is -0.252 e. The molecule has 0 N–H and O–H groups in total. The average molecular weight is 275 g/mol. The van der Waals surface area contributed by atoms with Gasteiger partial charge in [-0.3, -0.25) is 4.99 Å². The highest BCUT2D eigenvalue weighted by atomic mass is 14.8. The van der Waals surface area contributed by atoms with E-state index >= 15 is 0 Å². The monoisotopic (exact) mass is 275 g/mol. The first-order valence-electron chi connectivity index (χ1n) is 8.06. The highest BCUT2D eigenvalue weighted by molar-refractivity contribution is 6.13. The van der Waals surface area contributed by atoms with Gasteiger partial charge >= 0.3 is 0 Å². The number of hydrogen-bond acceptors (Lipinski definition) is 1. The van der Waals surface area contributed by atoms with Crippen molar-refractivity contribution in [2.75, 3.05) is 0 Å². The van der Waals surface area contributed by atoms with Crippen molar-refractivity contribution < 1.29 is 0 Å². The van der Waals surface area contributed by atoms with Gasteiger partial charge in [0.15, 0.2) is 0 Å². The highest BCUT2D eigenvalue weighted by Crippen LogP contribution is 2.50. The molecular formula is C20H21N. The van der Waals surface area contributed by atoms with Crippen molar-refractivity contribution in [2.24, 2.45) is 4.99 Å². The summed E-state index contributed by atoms with van der Waals surface area (Å²) in [5.41, 5.74) is 6.83. The molecule has 0 atom stereocenters. The number of aliphatic imine (C=N–C) groups is 1. The van der Waals surface area contributed by atoms with E-state index in [-0.39, 0.29) is 5.41 Å². The lowest BCUT2D eigenvalue weighted by Crippen LogP contribution is -2.36. The number of fused-ring (bicyclic) bond motifs is 2. The molecule has 1 fully saturated rings. The van der Waals surface area contributed by atoms with Crippen LogP contribution >= 0.6 is 0 Å². The third-order valence-electron chi connectivity index (χ3n) is 5.21. The van der Waals surface area contributed by atoms with Crippen molar-refractivity contribution in [1.29, 1.82) is 0 Å². The van der Waals surface area contributed by atoms with Crippen LogP contribution in [0.5, 0.6) is 0 Å². The van der Waals surface area contributed by atoms with Gasteiger partial charge in [0.05, 0.1) is 11.4 Å². The smallest absolute Gasteiger partial charge is 0.0675 e. The molecule has 1 heterocycles. The Morgan fingerprint density at radius 1 is 0.857 bits per heavy atom. The molecule has 2 aromatic rings. The molecular weight excluding hydrogens is 254 g/mol. The Labute approximate surface area is 126 Å². The zero-order chi connectivity index (χ0) is 14.3. The molecule has 2 aromatic carbocycles. The molecule has 106 valence electrons. The molecule has 0 unspecified atom stereocenters. The second-order valence-corrected chi connectivity index (χ2v) is 6.44. The summed E-state index contributed by atoms with van der Waals surface area (Å²) in [5.74, 6) is 0. The molecule has 21 heavy (non-hydrogen) atoms. The topological polar surface area (TPSA) is 12.4 Å². The number of aryl methyl sites for hydroxylation is 1. The average Bonchev–Trinajstić information content (AvgIpc) is 2.83. The molecule has 1 aliphatic carbocycles. The van der Waals surface area contributed by atoms with Crippen LogP contribution in [0.2, 0.25) is 0 Å². The Kier molecular flexibility index (Phi) is 2.95. The Morgan fingerprint density at radius 3 is 2.38 bits per heavy atom. The van der Waals surface area contributed by atoms with Crippen molar-refractivity contribution in [3.05, 3.63) is 65.2 Å². The van der Waals surface area contributed by atoms with E-state index in [1.54, 1.807) is 0 Å². The fraction of sp³-hybridized carbons (Fsp3) is 0.350. The van der Waals surface area contributed by atoms with Crippen LogP contribution in [-0.2, 0) is 5.41 Å². The summed E-state index contributed by atoms with van der Waals surface area (Å²) >= 11 is 0. The lowest BCUT2D eigenvalue weighted by atomic mass is 9.65. The van der Waals surface area contributed by atoms with Crippen LogP contribution in [0.25, 0.3) is 0 Å². The largest absolute Gasteiger partial charge is 0.252 e. The summed E-state index contributed by atoms with van der Waals surface area (Å²) in [5, 5.41) is 0. The molecule has 1 aliphatic heterocycles. The van der Waals surface area contributed by atoms with E-state index < -0.39 is 0 Å². The Hall–Kier alpha value is -1.89. The summed E-state index contributed by atoms with van der Waals surface area (Å²) in [6.45, 7) is 2.21. The van der Waals surface area contributed by atoms with Gasteiger partial charge in [0.25, 0.3) is 0 Å². The summed E-state index contributed by atoms with van der Waals surface area (Å²) in [6.07, 6.45) is 6.50. The normalized spacial score (nSPS) is 19.4. The molecule has 1 nitrogen and oxygen atoms in total. The Bertz CT molecular complexity index is 705. The highest BCUT2D eigenvalue weighted by Gasteiger charge is 2.44. The quantitative estimate of drug-likeness (QED) is 0.667. The van der Waals surface area contributed by atoms with Crippen LogP contribution in [0.4, 0.5) is 5.69 Å². The van der Waals surface area contributed by atoms with Crippen molar-refractivity contribution in [2.45, 2.75) is 44.4 Å². The van der Waals surface area contributed by atoms with Gasteiger partial charge in [-0.1, -0.05) is 61.7 Å². The third kappa shape index (κ3) is 1.87. The maximum atomic E-state index is 5.08. The zero-order valence-electron chi connectivity index (χ0n) is 12.6. The Morgan fingerprint density at radius 2 is 1.57 bits per heavy atom. The van der Waals surface area contributed by atoms with Crippen molar-refractivity contribution in [1.82, 2.24) is 0 Å². The van der Waals surface area contributed by atoms with E-state index in [0.29, 0.717) is 0 Å². The van der Waals surface area contributed by atoms with Crippen LogP contribution in [0, 0.1) is 6.92 Å². The first-order chi connectivity index (χ1) is 10.3. The second kappa shape index (κ2) is 4.84. The van der Waals surface area contributed by atoms with Gasteiger partial charge in [-0.05, 0) is 42.5 Å². The number of nitrogens with zero attached hydrogens (tertiary/aromatic N) is 1. The number of para-hydroxylation sites is 1. The SMILES string of the molecule is Cc1ccccc1C1=Nc2ccccc2C12CCCCC2. The van der Waals surface area contributed by atoms with Gasteiger partial charge in [-0.2, -0.15) is 0 Å². The molecule has 1 saturated carbocycles. The van der Waals surface area contributed by atoms with Crippen LogP contribution in [0.1, 0.15) is 48.8 Å². The third-order valence-corrected chi connectivity index (χ3v) is 5.21. The number of rotatable bonds is 1. The lowest BCUT2D eigenvalue weighted by Gasteiger charge is -2.36. The van der Waals surface area contributed by atoms with Crippen LogP contribution < -0.4 is 0 Å². The summed E-state index contributed by atoms with van der Waals surface area (Å²) in [4.78, 5) is 5.08. The fourth-order valence-electron chi connectivity index (χ4n) is 4.15. The lowest BCUT2D eigenvalue weighted by molar-refractivity contribution is 0.386. The van der Waals surface area contributed by atoms with Gasteiger partial charge < -0.3 is 0 Å². The number of benzene rings is 2. The van der Waals surface area contributed by atoms with Crippen LogP contribution in [-0.4, -0.2) is 5.71 Å². The van der Waals surface area contributed by atoms with Gasteiger partial charge in [-0.25, -0.2) is 0 Å². The van der Waals surface area contributed by atoms with Gasteiger partial charge in [-0.15, -0.1) is 0 Å². The minimum atomic E-state index is 0.168. The molecule has 1 heteroatoms. The molecule has 2 aliphatic rings. The molecule has 0 aromatic heterocycles. The molecule has 1 spiro atoms. The maximum absolute atomic E-state index is 5.08. The van der Waals surface area contributed by atoms with Crippen molar-refractivity contribution in [3.8, 4) is 0 Å². The van der Waals surface area contributed by atoms with E-state index in [4.69, 9.17) is 4.99 Å². The molecule has 4 rings (SSSR count). The Balaban J connectivity index is 1.92. The standard InChI is InChI=1S/C20H21N/c1-15-9-3-4-10-16(15)19-20(13-7-2-8-14-20)17-11-5-6-12-18(17)21-19/h3-6,9-12H,2,7-8,13-14H2,1H3. The second-order valence-electron chi connectivity index (χ2n) is 6.44. The minimum absolute atomic E-state index is 0.168. The molecule has 0 saturated heterocycles. The first-order valence-corrected chi connectivity index (χ1v) is 8.06. The van der Waals surface area contributed by atoms with E-state index in [1.165, 1.54) is 60.2 Å². The van der Waals surface area contributed by atoms with Gasteiger partial charge in [0.1, 0.15) is 0 Å². The summed E-state index contributed by atoms with van der Waals surface area (Å²) in [6, 6.07) is 17.5. The predicted octanol–water partition coefficient (Wildman–Crippen LogP) is 5.33. The summed E-state index contributed by atoms with van der Waals surface area (Å²) < 4.78 is 0. The van der Waals surface area contributed by atoms with Crippen molar-refractivity contribution >= 4 is 11.4 Å².